The smallest absolute Gasteiger partial charge is 0.263 e. The van der Waals surface area contributed by atoms with Gasteiger partial charge in [-0.25, -0.2) is 8.42 Å². The molecule has 3 aromatic rings. The fraction of sp³-hybridized carbons (Fsp3) is 0.136. The van der Waals surface area contributed by atoms with E-state index in [0.717, 1.165) is 5.56 Å². The molecule has 0 aliphatic rings. The van der Waals surface area contributed by atoms with E-state index in [2.05, 4.69) is 10.0 Å². The Morgan fingerprint density at radius 1 is 1.00 bits per heavy atom. The molecule has 0 saturated carbocycles. The number of rotatable bonds is 7. The highest BCUT2D eigenvalue weighted by Crippen LogP contribution is 2.26. The molecular formula is C22H21ClN2O4S. The third kappa shape index (κ3) is 5.11. The fourth-order valence-electron chi connectivity index (χ4n) is 2.82. The molecule has 30 heavy (non-hydrogen) atoms. The summed E-state index contributed by atoms with van der Waals surface area (Å²) in [6, 6.07) is 19.8. The number of sulfonamides is 1. The van der Waals surface area contributed by atoms with E-state index in [4.69, 9.17) is 16.3 Å². The average Bonchev–Trinajstić information content (AvgIpc) is 2.74. The Morgan fingerprint density at radius 2 is 1.67 bits per heavy atom. The van der Waals surface area contributed by atoms with Gasteiger partial charge in [-0.1, -0.05) is 41.9 Å². The van der Waals surface area contributed by atoms with Gasteiger partial charge in [-0.05, 0) is 55.0 Å². The van der Waals surface area contributed by atoms with E-state index in [-0.39, 0.29) is 21.5 Å². The molecule has 1 amide bonds. The standard InChI is InChI=1S/C22H21ClN2O4S/c1-15(16-6-4-3-5-7-16)24-22(26)17-8-13-20(23)21(14-17)30(27,28)25-18-9-11-19(29-2)12-10-18/h3-15,25H,1-2H3,(H,24,26). The minimum Gasteiger partial charge on any atom is -0.497 e. The van der Waals surface area contributed by atoms with Crippen LogP contribution in [0, 0.1) is 0 Å². The Hall–Kier alpha value is -3.03. The average molecular weight is 445 g/mol. The second kappa shape index (κ2) is 9.19. The van der Waals surface area contributed by atoms with Crippen LogP contribution in [0.5, 0.6) is 5.75 Å². The number of carbonyl (C=O) groups excluding carboxylic acids is 1. The number of carbonyl (C=O) groups is 1. The molecule has 0 aliphatic carbocycles. The SMILES string of the molecule is COc1ccc(NS(=O)(=O)c2cc(C(=O)NC(C)c3ccccc3)ccc2Cl)cc1. The third-order valence-corrected chi connectivity index (χ3v) is 6.34. The highest BCUT2D eigenvalue weighted by Gasteiger charge is 2.21. The summed E-state index contributed by atoms with van der Waals surface area (Å²) in [5, 5.41) is 2.88. The molecule has 0 aliphatic heterocycles. The van der Waals surface area contributed by atoms with Crippen molar-refractivity contribution in [2.24, 2.45) is 0 Å². The van der Waals surface area contributed by atoms with Crippen LogP contribution < -0.4 is 14.8 Å². The summed E-state index contributed by atoms with van der Waals surface area (Å²) in [5.41, 5.74) is 1.48. The molecule has 0 fully saturated rings. The molecule has 0 bridgehead atoms. The summed E-state index contributed by atoms with van der Waals surface area (Å²) in [6.45, 7) is 1.85. The van der Waals surface area contributed by atoms with Crippen LogP contribution >= 0.6 is 11.6 Å². The van der Waals surface area contributed by atoms with Gasteiger partial charge < -0.3 is 10.1 Å². The van der Waals surface area contributed by atoms with Crippen LogP contribution in [0.15, 0.2) is 77.7 Å². The van der Waals surface area contributed by atoms with Crippen LogP contribution in [0.3, 0.4) is 0 Å². The van der Waals surface area contributed by atoms with Crippen LogP contribution in [-0.4, -0.2) is 21.4 Å². The van der Waals surface area contributed by atoms with Crippen molar-refractivity contribution in [1.82, 2.24) is 5.32 Å². The first-order valence-electron chi connectivity index (χ1n) is 9.12. The van der Waals surface area contributed by atoms with Gasteiger partial charge in [-0.15, -0.1) is 0 Å². The number of hydrogen-bond donors (Lipinski definition) is 2. The van der Waals surface area contributed by atoms with Crippen molar-refractivity contribution >= 4 is 33.2 Å². The van der Waals surface area contributed by atoms with Crippen molar-refractivity contribution in [3.8, 4) is 5.75 Å². The number of halogens is 1. The van der Waals surface area contributed by atoms with E-state index < -0.39 is 15.9 Å². The molecule has 1 unspecified atom stereocenters. The predicted octanol–water partition coefficient (Wildman–Crippen LogP) is 4.64. The molecule has 3 aromatic carbocycles. The van der Waals surface area contributed by atoms with Crippen molar-refractivity contribution in [3.63, 3.8) is 0 Å². The third-order valence-electron chi connectivity index (χ3n) is 4.47. The van der Waals surface area contributed by atoms with Gasteiger partial charge in [0.25, 0.3) is 15.9 Å². The van der Waals surface area contributed by atoms with Crippen LogP contribution in [0.4, 0.5) is 5.69 Å². The highest BCUT2D eigenvalue weighted by atomic mass is 35.5. The van der Waals surface area contributed by atoms with Crippen LogP contribution in [0.2, 0.25) is 5.02 Å². The second-order valence-electron chi connectivity index (χ2n) is 6.59. The Morgan fingerprint density at radius 3 is 2.30 bits per heavy atom. The molecule has 6 nitrogen and oxygen atoms in total. The molecule has 0 aromatic heterocycles. The molecule has 8 heteroatoms. The number of benzene rings is 3. The zero-order valence-electron chi connectivity index (χ0n) is 16.4. The van der Waals surface area contributed by atoms with Crippen molar-refractivity contribution in [3.05, 3.63) is 88.9 Å². The summed E-state index contributed by atoms with van der Waals surface area (Å²) in [7, 11) is -2.48. The van der Waals surface area contributed by atoms with Gasteiger partial charge in [-0.2, -0.15) is 0 Å². The van der Waals surface area contributed by atoms with Gasteiger partial charge >= 0.3 is 0 Å². The number of amides is 1. The first-order chi connectivity index (χ1) is 14.3. The van der Waals surface area contributed by atoms with Gasteiger partial charge in [0.1, 0.15) is 10.6 Å². The molecule has 0 heterocycles. The maximum Gasteiger partial charge on any atom is 0.263 e. The lowest BCUT2D eigenvalue weighted by molar-refractivity contribution is 0.0939. The van der Waals surface area contributed by atoms with Crippen LogP contribution in [0.25, 0.3) is 0 Å². The van der Waals surface area contributed by atoms with E-state index in [0.29, 0.717) is 11.4 Å². The van der Waals surface area contributed by atoms with Gasteiger partial charge in [0.05, 0.1) is 18.2 Å². The van der Waals surface area contributed by atoms with Crippen LogP contribution in [-0.2, 0) is 10.0 Å². The number of ether oxygens (including phenoxy) is 1. The maximum atomic E-state index is 12.8. The topological polar surface area (TPSA) is 84.5 Å². The maximum absolute atomic E-state index is 12.8. The monoisotopic (exact) mass is 444 g/mol. The molecular weight excluding hydrogens is 424 g/mol. The Labute approximate surface area is 180 Å². The quantitative estimate of drug-likeness (QED) is 0.556. The van der Waals surface area contributed by atoms with Crippen molar-refractivity contribution < 1.29 is 17.9 Å². The summed E-state index contributed by atoms with van der Waals surface area (Å²) < 4.78 is 33.2. The van der Waals surface area contributed by atoms with E-state index in [9.17, 15) is 13.2 Å². The van der Waals surface area contributed by atoms with Crippen molar-refractivity contribution in [1.29, 1.82) is 0 Å². The summed E-state index contributed by atoms with van der Waals surface area (Å²) in [4.78, 5) is 12.5. The molecule has 156 valence electrons. The Kier molecular flexibility index (Phi) is 6.64. The van der Waals surface area contributed by atoms with Gasteiger partial charge in [0, 0.05) is 11.3 Å². The van der Waals surface area contributed by atoms with Gasteiger partial charge in [-0.3, -0.25) is 9.52 Å². The van der Waals surface area contributed by atoms with Crippen molar-refractivity contribution in [2.45, 2.75) is 17.9 Å². The van der Waals surface area contributed by atoms with E-state index >= 15 is 0 Å². The lowest BCUT2D eigenvalue weighted by Crippen LogP contribution is -2.27. The highest BCUT2D eigenvalue weighted by molar-refractivity contribution is 7.92. The van der Waals surface area contributed by atoms with Gasteiger partial charge in [0.2, 0.25) is 0 Å². The number of anilines is 1. The second-order valence-corrected chi connectivity index (χ2v) is 8.64. The normalized spacial score (nSPS) is 12.1. The lowest BCUT2D eigenvalue weighted by Gasteiger charge is -2.15. The number of nitrogens with one attached hydrogen (secondary N) is 2. The first-order valence-corrected chi connectivity index (χ1v) is 11.0. The molecule has 0 spiro atoms. The Bertz CT molecular complexity index is 1130. The number of methoxy groups -OCH3 is 1. The minimum absolute atomic E-state index is 0.0173. The minimum atomic E-state index is -4.00. The number of hydrogen-bond acceptors (Lipinski definition) is 4. The fourth-order valence-corrected chi connectivity index (χ4v) is 4.41. The summed E-state index contributed by atoms with van der Waals surface area (Å²) in [5.74, 6) is 0.200. The van der Waals surface area contributed by atoms with Crippen molar-refractivity contribution in [2.75, 3.05) is 11.8 Å². The zero-order valence-corrected chi connectivity index (χ0v) is 18.0. The van der Waals surface area contributed by atoms with Crippen LogP contribution in [0.1, 0.15) is 28.9 Å². The summed E-state index contributed by atoms with van der Waals surface area (Å²) >= 11 is 6.13. The van der Waals surface area contributed by atoms with Gasteiger partial charge in [0.15, 0.2) is 0 Å². The largest absolute Gasteiger partial charge is 0.497 e. The summed E-state index contributed by atoms with van der Waals surface area (Å²) in [6.07, 6.45) is 0. The lowest BCUT2D eigenvalue weighted by atomic mass is 10.1. The van der Waals surface area contributed by atoms with E-state index in [1.54, 1.807) is 24.3 Å². The predicted molar refractivity (Wildman–Crippen MR) is 118 cm³/mol. The molecule has 1 atom stereocenters. The van der Waals surface area contributed by atoms with E-state index in [1.807, 2.05) is 37.3 Å². The molecule has 2 N–H and O–H groups in total. The Balaban J connectivity index is 1.82. The first kappa shape index (κ1) is 21.7. The van der Waals surface area contributed by atoms with E-state index in [1.165, 1.54) is 25.3 Å². The molecule has 3 rings (SSSR count). The molecule has 0 saturated heterocycles. The molecule has 0 radical (unpaired) electrons. The zero-order chi connectivity index (χ0) is 21.7.